The lowest BCUT2D eigenvalue weighted by Gasteiger charge is -2.23. The van der Waals surface area contributed by atoms with Crippen molar-refractivity contribution >= 4 is 23.4 Å². The van der Waals surface area contributed by atoms with Crippen LogP contribution in [0.1, 0.15) is 59.6 Å². The van der Waals surface area contributed by atoms with Gasteiger partial charge >= 0.3 is 5.97 Å². The molecule has 0 aliphatic heterocycles. The van der Waals surface area contributed by atoms with Crippen LogP contribution in [0.4, 0.5) is 5.69 Å². The number of aryl methyl sites for hydroxylation is 3. The van der Waals surface area contributed by atoms with Gasteiger partial charge in [-0.1, -0.05) is 19.4 Å². The van der Waals surface area contributed by atoms with E-state index in [9.17, 15) is 4.79 Å². The number of unbranched alkanes of at least 4 members (excludes halogenated alkanes) is 1. The van der Waals surface area contributed by atoms with Gasteiger partial charge in [-0.05, 0) is 63.5 Å². The standard InChI is InChI=1S/C23H30N4O2/c1-7-9-12-26(8-2)19-11-10-18(15(3)13-19)14-20-16(4)24-22-21(23(28)29-6)17(5)25-27(20)22/h10-11,13-14H,7-9,12H2,1-6H3/b20-14-. The maximum atomic E-state index is 12.1. The second-order valence-electron chi connectivity index (χ2n) is 7.39. The number of imidazole rings is 1. The Morgan fingerprint density at radius 3 is 2.59 bits per heavy atom. The monoisotopic (exact) mass is 394 g/mol. The largest absolute Gasteiger partial charge is 0.465 e. The van der Waals surface area contributed by atoms with Crippen LogP contribution in [-0.2, 0) is 4.74 Å². The lowest BCUT2D eigenvalue weighted by atomic mass is 10.1. The number of esters is 1. The number of methoxy groups -OCH3 is 1. The highest BCUT2D eigenvalue weighted by atomic mass is 16.5. The average Bonchev–Trinajstić information content (AvgIpc) is 3.17. The number of ether oxygens (including phenoxy) is 1. The number of fused-ring (bicyclic) bond motifs is 1. The molecule has 1 aromatic carbocycles. The first-order valence-electron chi connectivity index (χ1n) is 10.2. The number of nitrogens with zero attached hydrogens (tertiary/aromatic N) is 4. The molecule has 154 valence electrons. The number of benzene rings is 1. The minimum absolute atomic E-state index is 0.409. The van der Waals surface area contributed by atoms with E-state index >= 15 is 0 Å². The Morgan fingerprint density at radius 2 is 1.97 bits per heavy atom. The van der Waals surface area contributed by atoms with Gasteiger partial charge in [-0.25, -0.2) is 14.3 Å². The Hall–Kier alpha value is -2.89. The van der Waals surface area contributed by atoms with Gasteiger partial charge in [-0.15, -0.1) is 0 Å². The van der Waals surface area contributed by atoms with Gasteiger partial charge in [0.2, 0.25) is 0 Å². The summed E-state index contributed by atoms with van der Waals surface area (Å²) < 4.78 is 6.64. The van der Waals surface area contributed by atoms with E-state index in [4.69, 9.17) is 4.74 Å². The van der Waals surface area contributed by atoms with Crippen molar-refractivity contribution in [3.05, 3.63) is 51.6 Å². The molecule has 6 heteroatoms. The van der Waals surface area contributed by atoms with Crippen LogP contribution in [0.5, 0.6) is 0 Å². The summed E-state index contributed by atoms with van der Waals surface area (Å²) in [6, 6.07) is 6.56. The number of carbonyl (C=O) groups is 1. The highest BCUT2D eigenvalue weighted by Gasteiger charge is 2.21. The molecule has 3 rings (SSSR count). The highest BCUT2D eigenvalue weighted by molar-refractivity contribution is 5.97. The maximum absolute atomic E-state index is 12.1. The smallest absolute Gasteiger partial charge is 0.343 e. The molecule has 2 aromatic heterocycles. The summed E-state index contributed by atoms with van der Waals surface area (Å²) in [6.07, 6.45) is 4.47. The molecule has 0 fully saturated rings. The summed E-state index contributed by atoms with van der Waals surface area (Å²) in [7, 11) is 1.37. The predicted octanol–water partition coefficient (Wildman–Crippen LogP) is 3.62. The number of aromatic nitrogens is 3. The van der Waals surface area contributed by atoms with E-state index in [2.05, 4.69) is 60.0 Å². The molecule has 6 nitrogen and oxygen atoms in total. The quantitative estimate of drug-likeness (QED) is 0.573. The summed E-state index contributed by atoms with van der Waals surface area (Å²) in [5.74, 6) is -0.409. The van der Waals surface area contributed by atoms with Crippen molar-refractivity contribution in [1.82, 2.24) is 14.6 Å². The Kier molecular flexibility index (Phi) is 6.20. The summed E-state index contributed by atoms with van der Waals surface area (Å²) in [5.41, 5.74) is 5.99. The van der Waals surface area contributed by atoms with Gasteiger partial charge in [-0.2, -0.15) is 5.10 Å². The molecular weight excluding hydrogens is 364 g/mol. The highest BCUT2D eigenvalue weighted by Crippen LogP contribution is 2.21. The van der Waals surface area contributed by atoms with Gasteiger partial charge in [0.1, 0.15) is 5.56 Å². The number of rotatable bonds is 7. The van der Waals surface area contributed by atoms with Crippen LogP contribution in [-0.4, -0.2) is 40.8 Å². The Morgan fingerprint density at radius 1 is 1.21 bits per heavy atom. The fourth-order valence-corrected chi connectivity index (χ4v) is 3.65. The van der Waals surface area contributed by atoms with Crippen LogP contribution in [0.3, 0.4) is 0 Å². The molecular formula is C23H30N4O2. The fourth-order valence-electron chi connectivity index (χ4n) is 3.65. The molecule has 2 heterocycles. The van der Waals surface area contributed by atoms with Gasteiger partial charge in [0.25, 0.3) is 0 Å². The first-order chi connectivity index (χ1) is 13.9. The Bertz CT molecular complexity index is 1080. The molecule has 0 amide bonds. The van der Waals surface area contributed by atoms with E-state index < -0.39 is 5.97 Å². The molecule has 3 aromatic rings. The van der Waals surface area contributed by atoms with Gasteiger partial charge in [0.05, 0.1) is 23.8 Å². The van der Waals surface area contributed by atoms with E-state index in [0.29, 0.717) is 16.9 Å². The normalized spacial score (nSPS) is 12.0. The van der Waals surface area contributed by atoms with E-state index in [1.807, 2.05) is 6.92 Å². The zero-order chi connectivity index (χ0) is 21.1. The third-order valence-electron chi connectivity index (χ3n) is 5.37. The minimum atomic E-state index is -0.409. The molecule has 0 unspecified atom stereocenters. The fraction of sp³-hybridized carbons (Fsp3) is 0.435. The predicted molar refractivity (Wildman–Crippen MR) is 117 cm³/mol. The average molecular weight is 395 g/mol. The SMILES string of the molecule is CCCCN(CC)c1ccc(/C=c2/c(C)nc3c(C(=O)OC)c(C)nn23)c(C)c1. The zero-order valence-electron chi connectivity index (χ0n) is 18.2. The van der Waals surface area contributed by atoms with Gasteiger partial charge in [0.15, 0.2) is 5.65 Å². The second kappa shape index (κ2) is 8.64. The van der Waals surface area contributed by atoms with Crippen LogP contribution < -0.4 is 10.2 Å². The van der Waals surface area contributed by atoms with E-state index in [1.54, 1.807) is 11.4 Å². The molecule has 0 aliphatic carbocycles. The molecule has 0 radical (unpaired) electrons. The van der Waals surface area contributed by atoms with Crippen molar-refractivity contribution in [2.24, 2.45) is 0 Å². The number of hydrogen-bond donors (Lipinski definition) is 0. The van der Waals surface area contributed by atoms with Crippen LogP contribution in [0, 0.1) is 20.8 Å². The van der Waals surface area contributed by atoms with Crippen molar-refractivity contribution in [1.29, 1.82) is 0 Å². The third kappa shape index (κ3) is 3.97. The Balaban J connectivity index is 2.05. The van der Waals surface area contributed by atoms with Crippen molar-refractivity contribution in [2.45, 2.75) is 47.5 Å². The molecule has 0 spiro atoms. The molecule has 0 aliphatic rings. The molecule has 0 saturated heterocycles. The van der Waals surface area contributed by atoms with Crippen molar-refractivity contribution in [3.63, 3.8) is 0 Å². The van der Waals surface area contributed by atoms with Crippen LogP contribution in [0.15, 0.2) is 18.2 Å². The van der Waals surface area contributed by atoms with Crippen molar-refractivity contribution in [3.8, 4) is 0 Å². The number of anilines is 1. The second-order valence-corrected chi connectivity index (χ2v) is 7.39. The van der Waals surface area contributed by atoms with E-state index in [-0.39, 0.29) is 0 Å². The first-order valence-corrected chi connectivity index (χ1v) is 10.2. The molecule has 0 atom stereocenters. The van der Waals surface area contributed by atoms with Crippen molar-refractivity contribution < 1.29 is 9.53 Å². The first kappa shape index (κ1) is 20.8. The van der Waals surface area contributed by atoms with Gasteiger partial charge in [0, 0.05) is 18.8 Å². The summed E-state index contributed by atoms with van der Waals surface area (Å²) >= 11 is 0. The lowest BCUT2D eigenvalue weighted by Crippen LogP contribution is -2.23. The van der Waals surface area contributed by atoms with Crippen LogP contribution in [0.25, 0.3) is 11.7 Å². The third-order valence-corrected chi connectivity index (χ3v) is 5.37. The molecule has 0 bridgehead atoms. The zero-order valence-corrected chi connectivity index (χ0v) is 18.2. The molecule has 0 saturated carbocycles. The Labute approximate surface area is 172 Å². The summed E-state index contributed by atoms with van der Waals surface area (Å²) in [6.45, 7) is 12.3. The summed E-state index contributed by atoms with van der Waals surface area (Å²) in [5, 5.41) is 5.42. The van der Waals surface area contributed by atoms with E-state index in [0.717, 1.165) is 29.7 Å². The minimum Gasteiger partial charge on any atom is -0.465 e. The van der Waals surface area contributed by atoms with Crippen LogP contribution in [0.2, 0.25) is 0 Å². The van der Waals surface area contributed by atoms with Crippen LogP contribution >= 0.6 is 0 Å². The topological polar surface area (TPSA) is 59.7 Å². The van der Waals surface area contributed by atoms with Gasteiger partial charge < -0.3 is 9.64 Å². The van der Waals surface area contributed by atoms with Gasteiger partial charge in [-0.3, -0.25) is 0 Å². The summed E-state index contributed by atoms with van der Waals surface area (Å²) in [4.78, 5) is 19.1. The molecule has 0 N–H and O–H groups in total. The number of hydrogen-bond acceptors (Lipinski definition) is 5. The lowest BCUT2D eigenvalue weighted by molar-refractivity contribution is 0.0602. The van der Waals surface area contributed by atoms with Crippen molar-refractivity contribution in [2.75, 3.05) is 25.1 Å². The van der Waals surface area contributed by atoms with E-state index in [1.165, 1.54) is 31.2 Å². The number of carbonyl (C=O) groups excluding carboxylic acids is 1. The maximum Gasteiger partial charge on any atom is 0.343 e. The molecule has 29 heavy (non-hydrogen) atoms.